The quantitative estimate of drug-likeness (QED) is 0.302. The van der Waals surface area contributed by atoms with Crippen LogP contribution in [-0.2, 0) is 14.5 Å². The average molecular weight is 535 g/mol. The number of halogens is 3. The van der Waals surface area contributed by atoms with Crippen LogP contribution in [0.5, 0.6) is 0 Å². The Morgan fingerprint density at radius 2 is 2.07 bits per heavy atom. The largest absolute Gasteiger partial charge is 0.320 e. The fourth-order valence-corrected chi connectivity index (χ4v) is 4.33. The summed E-state index contributed by atoms with van der Waals surface area (Å²) in [6.45, 7) is -0.806. The van der Waals surface area contributed by atoms with Crippen LogP contribution in [0.2, 0.25) is 0 Å². The van der Waals surface area contributed by atoms with Crippen LogP contribution in [0.15, 0.2) is 30.6 Å². The predicted octanol–water partition coefficient (Wildman–Crippen LogP) is 3.39. The molecular weight excluding hydrogens is 519 g/mol. The van der Waals surface area contributed by atoms with Gasteiger partial charge in [-0.2, -0.15) is 5.10 Å². The lowest BCUT2D eigenvalue weighted by Gasteiger charge is -2.14. The summed E-state index contributed by atoms with van der Waals surface area (Å²) >= 11 is 1.98. The normalized spacial score (nSPS) is 11.6. The van der Waals surface area contributed by atoms with Crippen molar-refractivity contribution in [3.8, 4) is 0 Å². The van der Waals surface area contributed by atoms with Gasteiger partial charge in [0, 0.05) is 9.81 Å². The van der Waals surface area contributed by atoms with E-state index in [0.717, 1.165) is 0 Å². The molecule has 3 aromatic rings. The Morgan fingerprint density at radius 1 is 1.28 bits per heavy atom. The van der Waals surface area contributed by atoms with Crippen LogP contribution in [0.1, 0.15) is 22.3 Å². The molecule has 1 amide bonds. The van der Waals surface area contributed by atoms with Gasteiger partial charge in [0.05, 0.1) is 41.8 Å². The minimum atomic E-state index is -3.94. The standard InChI is InChI=1S/C17H16F2IN5O3S/c18-4-1-5-29(27,28)25-13-3-2-10(7-20)14(15(13)19)17(26)23-12-6-11-8-22-24-16(11)21-9-12/h2-3,6,8-9,25H,1,4-5,7H2,(H,23,26)(H,21,22,24). The molecule has 0 atom stereocenters. The number of alkyl halides is 2. The summed E-state index contributed by atoms with van der Waals surface area (Å²) in [6.07, 6.45) is 2.71. The van der Waals surface area contributed by atoms with Crippen molar-refractivity contribution in [2.24, 2.45) is 0 Å². The first-order valence-electron chi connectivity index (χ1n) is 8.39. The molecule has 0 aliphatic heterocycles. The van der Waals surface area contributed by atoms with Crippen LogP contribution in [0.3, 0.4) is 0 Å². The highest BCUT2D eigenvalue weighted by Gasteiger charge is 2.22. The predicted molar refractivity (Wildman–Crippen MR) is 114 cm³/mol. The number of sulfonamides is 1. The molecule has 0 aliphatic rings. The van der Waals surface area contributed by atoms with Gasteiger partial charge in [0.2, 0.25) is 10.0 Å². The van der Waals surface area contributed by atoms with Gasteiger partial charge in [-0.25, -0.2) is 17.8 Å². The monoisotopic (exact) mass is 535 g/mol. The van der Waals surface area contributed by atoms with Gasteiger partial charge in [0.15, 0.2) is 11.5 Å². The van der Waals surface area contributed by atoms with Crippen LogP contribution < -0.4 is 10.0 Å². The van der Waals surface area contributed by atoms with E-state index in [1.807, 2.05) is 22.6 Å². The minimum absolute atomic E-state index is 0.209. The number of pyridine rings is 1. The van der Waals surface area contributed by atoms with E-state index in [4.69, 9.17) is 0 Å². The lowest BCUT2D eigenvalue weighted by molar-refractivity contribution is 0.102. The average Bonchev–Trinajstić information content (AvgIpc) is 3.15. The van der Waals surface area contributed by atoms with Crippen LogP contribution in [0, 0.1) is 5.82 Å². The number of benzene rings is 1. The number of amides is 1. The Bertz CT molecular complexity index is 1150. The smallest absolute Gasteiger partial charge is 0.259 e. The van der Waals surface area contributed by atoms with E-state index in [1.165, 1.54) is 24.5 Å². The zero-order chi connectivity index (χ0) is 21.0. The van der Waals surface area contributed by atoms with Crippen LogP contribution in [0.25, 0.3) is 11.0 Å². The van der Waals surface area contributed by atoms with E-state index >= 15 is 4.39 Å². The molecule has 3 rings (SSSR count). The van der Waals surface area contributed by atoms with Gasteiger partial charge in [-0.1, -0.05) is 28.7 Å². The summed E-state index contributed by atoms with van der Waals surface area (Å²) in [6, 6.07) is 4.33. The van der Waals surface area contributed by atoms with Gasteiger partial charge < -0.3 is 5.32 Å². The lowest BCUT2D eigenvalue weighted by atomic mass is 10.1. The Kier molecular flexibility index (Phi) is 6.62. The molecular formula is C17H16F2IN5O3S. The number of nitrogens with zero attached hydrogens (tertiary/aromatic N) is 2. The van der Waals surface area contributed by atoms with Gasteiger partial charge in [-0.15, -0.1) is 0 Å². The number of rotatable bonds is 8. The SMILES string of the molecule is O=C(Nc1cnc2[nH]ncc2c1)c1c(CI)ccc(NS(=O)(=O)CCCF)c1F. The molecule has 0 saturated carbocycles. The molecule has 0 bridgehead atoms. The maximum absolute atomic E-state index is 15.0. The molecule has 2 aromatic heterocycles. The molecule has 12 heteroatoms. The van der Waals surface area contributed by atoms with E-state index < -0.39 is 34.2 Å². The first-order chi connectivity index (χ1) is 13.8. The summed E-state index contributed by atoms with van der Waals surface area (Å²) in [7, 11) is -3.94. The Morgan fingerprint density at radius 3 is 2.79 bits per heavy atom. The molecule has 0 spiro atoms. The first-order valence-corrected chi connectivity index (χ1v) is 11.6. The zero-order valence-corrected chi connectivity index (χ0v) is 17.9. The number of hydrogen-bond donors (Lipinski definition) is 3. The van der Waals surface area contributed by atoms with Gasteiger partial charge in [-0.05, 0) is 24.1 Å². The molecule has 29 heavy (non-hydrogen) atoms. The molecule has 1 aromatic carbocycles. The fourth-order valence-electron chi connectivity index (χ4n) is 2.61. The van der Waals surface area contributed by atoms with Crippen LogP contribution in [-0.4, -0.2) is 41.9 Å². The van der Waals surface area contributed by atoms with E-state index in [0.29, 0.717) is 26.7 Å². The van der Waals surface area contributed by atoms with E-state index in [-0.39, 0.29) is 17.7 Å². The van der Waals surface area contributed by atoms with Crippen molar-refractivity contribution in [3.63, 3.8) is 0 Å². The Hall–Kier alpha value is -2.35. The third-order valence-corrected chi connectivity index (χ3v) is 6.14. The van der Waals surface area contributed by atoms with Crippen molar-refractivity contribution in [1.82, 2.24) is 15.2 Å². The number of nitrogens with one attached hydrogen (secondary N) is 3. The molecule has 0 fully saturated rings. The number of aromatic amines is 1. The summed E-state index contributed by atoms with van der Waals surface area (Å²) in [5.41, 5.74) is 0.608. The number of anilines is 2. The van der Waals surface area contributed by atoms with Crippen LogP contribution >= 0.6 is 22.6 Å². The summed E-state index contributed by atoms with van der Waals surface area (Å²) in [4.78, 5) is 16.8. The van der Waals surface area contributed by atoms with Gasteiger partial charge in [0.1, 0.15) is 0 Å². The second-order valence-corrected chi connectivity index (χ2v) is 8.65. The second-order valence-electron chi connectivity index (χ2n) is 6.04. The molecule has 8 nitrogen and oxygen atoms in total. The van der Waals surface area contributed by atoms with E-state index in [9.17, 15) is 17.6 Å². The molecule has 154 valence electrons. The lowest BCUT2D eigenvalue weighted by Crippen LogP contribution is -2.21. The van der Waals surface area contributed by atoms with Gasteiger partial charge in [0.25, 0.3) is 5.91 Å². The number of H-pyrrole nitrogens is 1. The van der Waals surface area contributed by atoms with E-state index in [2.05, 4.69) is 25.2 Å². The molecule has 2 heterocycles. The Labute approximate surface area is 178 Å². The highest BCUT2D eigenvalue weighted by Crippen LogP contribution is 2.26. The number of aromatic nitrogens is 3. The van der Waals surface area contributed by atoms with Crippen molar-refractivity contribution in [3.05, 3.63) is 47.5 Å². The molecule has 0 saturated heterocycles. The topological polar surface area (TPSA) is 117 Å². The third-order valence-electron chi connectivity index (χ3n) is 3.96. The van der Waals surface area contributed by atoms with Crippen molar-refractivity contribution < 1.29 is 22.0 Å². The van der Waals surface area contributed by atoms with Gasteiger partial charge in [-0.3, -0.25) is 19.0 Å². The number of carbonyl (C=O) groups is 1. The summed E-state index contributed by atoms with van der Waals surface area (Å²) in [5.74, 6) is -2.24. The maximum Gasteiger partial charge on any atom is 0.259 e. The molecule has 3 N–H and O–H groups in total. The van der Waals surface area contributed by atoms with E-state index in [1.54, 1.807) is 6.07 Å². The molecule has 0 radical (unpaired) electrons. The number of carbonyl (C=O) groups excluding carboxylic acids is 1. The van der Waals surface area contributed by atoms with Gasteiger partial charge >= 0.3 is 0 Å². The highest BCUT2D eigenvalue weighted by molar-refractivity contribution is 14.1. The zero-order valence-electron chi connectivity index (χ0n) is 14.9. The van der Waals surface area contributed by atoms with Crippen molar-refractivity contribution in [2.75, 3.05) is 22.5 Å². The summed E-state index contributed by atoms with van der Waals surface area (Å²) < 4.78 is 53.6. The highest BCUT2D eigenvalue weighted by atomic mass is 127. The first kappa shape index (κ1) is 21.4. The van der Waals surface area contributed by atoms with Crippen molar-refractivity contribution in [2.45, 2.75) is 10.8 Å². The maximum atomic E-state index is 15.0. The Balaban J connectivity index is 1.90. The van der Waals surface area contributed by atoms with Crippen molar-refractivity contribution in [1.29, 1.82) is 0 Å². The molecule has 0 aliphatic carbocycles. The number of hydrogen-bond acceptors (Lipinski definition) is 5. The van der Waals surface area contributed by atoms with Crippen LogP contribution in [0.4, 0.5) is 20.2 Å². The third kappa shape index (κ3) is 4.98. The fraction of sp³-hybridized carbons (Fsp3) is 0.235. The number of fused-ring (bicyclic) bond motifs is 1. The molecule has 0 unspecified atom stereocenters. The minimum Gasteiger partial charge on any atom is -0.320 e. The second kappa shape index (κ2) is 8.98. The van der Waals surface area contributed by atoms with Crippen molar-refractivity contribution >= 4 is 60.9 Å². The summed E-state index contributed by atoms with van der Waals surface area (Å²) in [5, 5.41) is 9.74.